The Bertz CT molecular complexity index is 1530. The zero-order chi connectivity index (χ0) is 31.0. The molecule has 0 bridgehead atoms. The lowest BCUT2D eigenvalue weighted by molar-refractivity contribution is -0.121. The zero-order valence-electron chi connectivity index (χ0n) is 24.8. The highest BCUT2D eigenvalue weighted by molar-refractivity contribution is 5.98. The van der Waals surface area contributed by atoms with Crippen molar-refractivity contribution in [3.63, 3.8) is 0 Å². The van der Waals surface area contributed by atoms with E-state index >= 15 is 0 Å². The van der Waals surface area contributed by atoms with Gasteiger partial charge >= 0.3 is 12.1 Å². The molecule has 0 spiro atoms. The third-order valence-corrected chi connectivity index (χ3v) is 6.75. The van der Waals surface area contributed by atoms with Gasteiger partial charge in [-0.3, -0.25) is 9.36 Å². The van der Waals surface area contributed by atoms with Crippen molar-refractivity contribution in [3.05, 3.63) is 97.2 Å². The number of anilines is 1. The number of hydrogen-bond acceptors (Lipinski definition) is 6. The molecule has 0 saturated carbocycles. The lowest BCUT2D eigenvalue weighted by Gasteiger charge is -2.33. The van der Waals surface area contributed by atoms with Crippen molar-refractivity contribution in [2.24, 2.45) is 11.7 Å². The maximum absolute atomic E-state index is 12.8. The average Bonchev–Trinajstić information content (AvgIpc) is 3.36. The van der Waals surface area contributed by atoms with Crippen LogP contribution < -0.4 is 21.1 Å². The molecule has 1 aliphatic heterocycles. The number of nitrogens with one attached hydrogen (secondary N) is 2. The molecule has 0 radical (unpaired) electrons. The van der Waals surface area contributed by atoms with E-state index < -0.39 is 5.60 Å². The molecule has 10 heteroatoms. The molecule has 2 aromatic carbocycles. The molecule has 4 rings (SSSR count). The second-order valence-electron chi connectivity index (χ2n) is 11.4. The van der Waals surface area contributed by atoms with Crippen molar-refractivity contribution in [2.75, 3.05) is 18.4 Å². The molecule has 1 saturated heterocycles. The van der Waals surface area contributed by atoms with E-state index in [0.717, 1.165) is 5.39 Å². The Morgan fingerprint density at radius 2 is 1.79 bits per heavy atom. The van der Waals surface area contributed by atoms with Crippen molar-refractivity contribution in [1.29, 1.82) is 0 Å². The predicted octanol–water partition coefficient (Wildman–Crippen LogP) is 6.12. The molecule has 3 amide bonds. The van der Waals surface area contributed by atoms with Crippen LogP contribution >= 0.6 is 0 Å². The molecule has 3 aromatic rings. The second kappa shape index (κ2) is 13.8. The highest BCUT2D eigenvalue weighted by Crippen LogP contribution is 2.25. The maximum Gasteiger partial charge on any atom is 0.410 e. The summed E-state index contributed by atoms with van der Waals surface area (Å²) in [5.74, 6) is 0.959. The first kappa shape index (κ1) is 31.0. The maximum atomic E-state index is 12.8. The summed E-state index contributed by atoms with van der Waals surface area (Å²) in [5, 5.41) is 6.40. The van der Waals surface area contributed by atoms with Crippen molar-refractivity contribution >= 4 is 34.6 Å². The number of carbonyl (C=O) groups is 3. The fourth-order valence-corrected chi connectivity index (χ4v) is 4.74. The molecule has 1 aromatic heterocycles. The minimum Gasteiger partial charge on any atom is -0.457 e. The molecule has 226 valence electrons. The number of nitrogens with two attached hydrogens (primary N) is 1. The summed E-state index contributed by atoms with van der Waals surface area (Å²) in [7, 11) is 0. The highest BCUT2D eigenvalue weighted by Gasteiger charge is 2.27. The molecule has 10 nitrogen and oxygen atoms in total. The molecule has 4 N–H and O–H groups in total. The number of amides is 3. The number of nitrogens with zero attached hydrogens (tertiary/aromatic N) is 2. The van der Waals surface area contributed by atoms with Gasteiger partial charge in [-0.05, 0) is 82.0 Å². The van der Waals surface area contributed by atoms with Crippen LogP contribution in [-0.4, -0.2) is 46.2 Å². The van der Waals surface area contributed by atoms with Crippen LogP contribution in [0.25, 0.3) is 10.9 Å². The van der Waals surface area contributed by atoms with Crippen molar-refractivity contribution in [3.8, 4) is 5.75 Å². The highest BCUT2D eigenvalue weighted by atomic mass is 16.6. The average molecular weight is 586 g/mol. The minimum absolute atomic E-state index is 0.133. The van der Waals surface area contributed by atoms with E-state index in [0.29, 0.717) is 55.1 Å². The van der Waals surface area contributed by atoms with E-state index in [2.05, 4.69) is 17.2 Å². The van der Waals surface area contributed by atoms with Gasteiger partial charge in [0, 0.05) is 42.9 Å². The number of benzene rings is 2. The smallest absolute Gasteiger partial charge is 0.410 e. The van der Waals surface area contributed by atoms with Crippen molar-refractivity contribution < 1.29 is 23.9 Å². The molecule has 1 fully saturated rings. The third kappa shape index (κ3) is 9.00. The summed E-state index contributed by atoms with van der Waals surface area (Å²) in [6, 6.07) is 16.1. The minimum atomic E-state index is -0.542. The topological polar surface area (TPSA) is 128 Å². The summed E-state index contributed by atoms with van der Waals surface area (Å²) < 4.78 is 13.0. The first-order valence-corrected chi connectivity index (χ1v) is 14.2. The van der Waals surface area contributed by atoms with Gasteiger partial charge in [-0.2, -0.15) is 0 Å². The normalized spacial score (nSPS) is 14.7. The van der Waals surface area contributed by atoms with E-state index in [4.69, 9.17) is 15.2 Å². The summed E-state index contributed by atoms with van der Waals surface area (Å²) in [6.07, 6.45) is 7.79. The van der Waals surface area contributed by atoms with Crippen LogP contribution in [0.2, 0.25) is 0 Å². The van der Waals surface area contributed by atoms with Crippen LogP contribution in [0.15, 0.2) is 97.2 Å². The summed E-state index contributed by atoms with van der Waals surface area (Å²) in [6.45, 7) is 10.3. The largest absolute Gasteiger partial charge is 0.457 e. The second-order valence-corrected chi connectivity index (χ2v) is 11.4. The Labute approximate surface area is 251 Å². The van der Waals surface area contributed by atoms with Gasteiger partial charge in [0.25, 0.3) is 0 Å². The molecule has 0 unspecified atom stereocenters. The summed E-state index contributed by atoms with van der Waals surface area (Å²) in [4.78, 5) is 39.4. The molecule has 2 heterocycles. The van der Waals surface area contributed by atoms with E-state index in [-0.39, 0.29) is 29.8 Å². The Balaban J connectivity index is 1.32. The molecule has 0 aliphatic carbocycles. The fraction of sp³-hybridized carbons (Fsp3) is 0.303. The van der Waals surface area contributed by atoms with E-state index in [1.54, 1.807) is 35.4 Å². The lowest BCUT2D eigenvalue weighted by Crippen LogP contribution is -2.42. The first-order chi connectivity index (χ1) is 20.5. The third-order valence-electron chi connectivity index (χ3n) is 6.75. The van der Waals surface area contributed by atoms with Crippen LogP contribution in [0.1, 0.15) is 40.0 Å². The quantitative estimate of drug-likeness (QED) is 0.216. The number of aromatic nitrogens is 1. The SMILES string of the molecule is C=C/C=C(\C=C(/N)NC(=O)CC1CCN(C(=O)OC(C)(C)C)CC1)Oc1ccc2c(ccn2C(=O)Nc2ccccc2)c1. The summed E-state index contributed by atoms with van der Waals surface area (Å²) >= 11 is 0. The van der Waals surface area contributed by atoms with Gasteiger partial charge in [-0.25, -0.2) is 9.59 Å². The Morgan fingerprint density at radius 3 is 2.47 bits per heavy atom. The van der Waals surface area contributed by atoms with Gasteiger partial charge < -0.3 is 30.7 Å². The number of fused-ring (bicyclic) bond motifs is 1. The molecular formula is C33H39N5O5. The lowest BCUT2D eigenvalue weighted by atomic mass is 9.93. The van der Waals surface area contributed by atoms with E-state index in [1.807, 2.05) is 63.2 Å². The van der Waals surface area contributed by atoms with E-state index in [9.17, 15) is 14.4 Å². The number of para-hydroxylation sites is 1. The predicted molar refractivity (Wildman–Crippen MR) is 167 cm³/mol. The number of ether oxygens (including phenoxy) is 2. The van der Waals surface area contributed by atoms with Crippen molar-refractivity contribution in [2.45, 2.75) is 45.6 Å². The standard InChI is InChI=1S/C33H39N5O5/c1-5-9-26(22-29(34)36-30(39)20-23-14-17-37(18-15-23)32(41)43-33(2,3)4)42-27-12-13-28-24(21-27)16-19-38(28)31(40)35-25-10-7-6-8-11-25/h5-13,16,19,21-23H,1,14-15,17-18,20,34H2,2-4H3,(H,35,40)(H,36,39)/b26-9+,29-22+. The van der Waals surface area contributed by atoms with E-state index in [1.165, 1.54) is 10.6 Å². The van der Waals surface area contributed by atoms with Crippen LogP contribution in [-0.2, 0) is 9.53 Å². The van der Waals surface area contributed by atoms with Crippen molar-refractivity contribution in [1.82, 2.24) is 14.8 Å². The van der Waals surface area contributed by atoms with Gasteiger partial charge in [-0.15, -0.1) is 0 Å². The van der Waals surface area contributed by atoms with Gasteiger partial charge in [0.15, 0.2) is 0 Å². The first-order valence-electron chi connectivity index (χ1n) is 14.2. The van der Waals surface area contributed by atoms with Crippen LogP contribution in [0, 0.1) is 5.92 Å². The van der Waals surface area contributed by atoms with Gasteiger partial charge in [-0.1, -0.05) is 30.9 Å². The Kier molecular flexibility index (Phi) is 9.92. The van der Waals surface area contributed by atoms with Gasteiger partial charge in [0.05, 0.1) is 5.52 Å². The number of hydrogen-bond donors (Lipinski definition) is 3. The number of likely N-dealkylation sites (tertiary alicyclic amines) is 1. The monoisotopic (exact) mass is 585 g/mol. The Hall–Kier alpha value is -4.99. The summed E-state index contributed by atoms with van der Waals surface area (Å²) in [5.41, 5.74) is 7.01. The molecule has 43 heavy (non-hydrogen) atoms. The fourth-order valence-electron chi connectivity index (χ4n) is 4.74. The Morgan fingerprint density at radius 1 is 1.07 bits per heavy atom. The number of allylic oxidation sites excluding steroid dienone is 3. The van der Waals surface area contributed by atoms with Crippen LogP contribution in [0.4, 0.5) is 15.3 Å². The van der Waals surface area contributed by atoms with Crippen LogP contribution in [0.3, 0.4) is 0 Å². The molecule has 0 atom stereocenters. The number of piperidine rings is 1. The zero-order valence-corrected chi connectivity index (χ0v) is 24.8. The molecular weight excluding hydrogens is 546 g/mol. The molecule has 1 aliphatic rings. The van der Waals surface area contributed by atoms with Crippen LogP contribution in [0.5, 0.6) is 5.75 Å². The number of rotatable bonds is 8. The van der Waals surface area contributed by atoms with Gasteiger partial charge in [0.1, 0.15) is 22.9 Å². The van der Waals surface area contributed by atoms with Gasteiger partial charge in [0.2, 0.25) is 5.91 Å². The number of carbonyl (C=O) groups excluding carboxylic acids is 3.